The molecule has 0 saturated carbocycles. The molecule has 0 heterocycles. The molecule has 0 aromatic heterocycles. The predicted octanol–water partition coefficient (Wildman–Crippen LogP) is 4.11. The van der Waals surface area contributed by atoms with Gasteiger partial charge in [-0.25, -0.2) is 5.43 Å². The van der Waals surface area contributed by atoms with E-state index in [0.29, 0.717) is 28.5 Å². The van der Waals surface area contributed by atoms with E-state index < -0.39 is 5.91 Å². The van der Waals surface area contributed by atoms with E-state index in [0.717, 1.165) is 11.1 Å². The summed E-state index contributed by atoms with van der Waals surface area (Å²) in [7, 11) is 0. The highest BCUT2D eigenvalue weighted by Gasteiger charge is 2.08. The van der Waals surface area contributed by atoms with Crippen LogP contribution in [0.3, 0.4) is 0 Å². The lowest BCUT2D eigenvalue weighted by Crippen LogP contribution is -2.34. The molecule has 0 atom stereocenters. The van der Waals surface area contributed by atoms with Crippen LogP contribution in [0.15, 0.2) is 77.9 Å². The number of aryl methyl sites for hydroxylation is 1. The first-order valence-electron chi connectivity index (χ1n) is 9.65. The van der Waals surface area contributed by atoms with E-state index in [2.05, 4.69) is 15.8 Å². The van der Waals surface area contributed by atoms with Crippen molar-refractivity contribution in [2.24, 2.45) is 5.10 Å². The molecular formula is C24H22ClN3O3. The summed E-state index contributed by atoms with van der Waals surface area (Å²) in [5, 5.41) is 7.15. The summed E-state index contributed by atoms with van der Waals surface area (Å²) in [6.45, 7) is 2.06. The molecule has 0 bridgehead atoms. The molecule has 0 aliphatic heterocycles. The number of halogens is 1. The van der Waals surface area contributed by atoms with Crippen LogP contribution in [0.2, 0.25) is 5.02 Å². The SMILES string of the molecule is Cc1ccc(C(=O)NCC(=O)N/N=C\c2ccccc2OCc2ccccc2Cl)cc1. The Labute approximate surface area is 185 Å². The Morgan fingerprint density at radius 3 is 2.48 bits per heavy atom. The zero-order chi connectivity index (χ0) is 22.1. The van der Waals surface area contributed by atoms with E-state index in [1.807, 2.05) is 61.5 Å². The molecule has 0 radical (unpaired) electrons. The van der Waals surface area contributed by atoms with Crippen LogP contribution in [0.5, 0.6) is 5.75 Å². The Bertz CT molecular complexity index is 1080. The van der Waals surface area contributed by atoms with Crippen molar-refractivity contribution in [3.05, 3.63) is 100 Å². The minimum atomic E-state index is -0.439. The van der Waals surface area contributed by atoms with Crippen molar-refractivity contribution in [3.8, 4) is 5.75 Å². The number of amides is 2. The maximum atomic E-state index is 12.1. The Morgan fingerprint density at radius 2 is 1.71 bits per heavy atom. The van der Waals surface area contributed by atoms with Crippen molar-refractivity contribution in [1.82, 2.24) is 10.7 Å². The smallest absolute Gasteiger partial charge is 0.259 e. The van der Waals surface area contributed by atoms with Gasteiger partial charge in [-0.1, -0.05) is 59.6 Å². The molecule has 6 nitrogen and oxygen atoms in total. The third-order valence-corrected chi connectivity index (χ3v) is 4.74. The number of hydrogen-bond donors (Lipinski definition) is 2. The van der Waals surface area contributed by atoms with Crippen LogP contribution < -0.4 is 15.5 Å². The van der Waals surface area contributed by atoms with Crippen LogP contribution in [0.4, 0.5) is 0 Å². The second-order valence-electron chi connectivity index (χ2n) is 6.76. The maximum absolute atomic E-state index is 12.1. The van der Waals surface area contributed by atoms with Gasteiger partial charge in [-0.05, 0) is 37.3 Å². The van der Waals surface area contributed by atoms with Crippen LogP contribution >= 0.6 is 11.6 Å². The van der Waals surface area contributed by atoms with Gasteiger partial charge in [-0.2, -0.15) is 5.10 Å². The molecule has 0 fully saturated rings. The topological polar surface area (TPSA) is 79.8 Å². The van der Waals surface area contributed by atoms with E-state index in [1.54, 1.807) is 18.2 Å². The Hall–Kier alpha value is -3.64. The summed E-state index contributed by atoms with van der Waals surface area (Å²) in [4.78, 5) is 24.0. The number of carbonyl (C=O) groups excluding carboxylic acids is 2. The lowest BCUT2D eigenvalue weighted by atomic mass is 10.1. The Morgan fingerprint density at radius 1 is 1.00 bits per heavy atom. The van der Waals surface area contributed by atoms with Gasteiger partial charge in [0.15, 0.2) is 0 Å². The van der Waals surface area contributed by atoms with Crippen molar-refractivity contribution < 1.29 is 14.3 Å². The second kappa shape index (κ2) is 10.9. The van der Waals surface area contributed by atoms with E-state index in [1.165, 1.54) is 6.21 Å². The summed E-state index contributed by atoms with van der Waals surface area (Å²) in [6, 6.07) is 21.9. The number of hydrazone groups is 1. The quantitative estimate of drug-likeness (QED) is 0.413. The van der Waals surface area contributed by atoms with Gasteiger partial charge in [0.05, 0.1) is 12.8 Å². The molecule has 0 spiro atoms. The van der Waals surface area contributed by atoms with Crippen LogP contribution in [-0.4, -0.2) is 24.6 Å². The zero-order valence-electron chi connectivity index (χ0n) is 17.0. The summed E-state index contributed by atoms with van der Waals surface area (Å²) in [5.41, 5.74) is 5.51. The largest absolute Gasteiger partial charge is 0.488 e. The third kappa shape index (κ3) is 6.69. The van der Waals surface area contributed by atoms with Crippen molar-refractivity contribution in [1.29, 1.82) is 0 Å². The molecule has 0 unspecified atom stereocenters. The highest BCUT2D eigenvalue weighted by molar-refractivity contribution is 6.31. The summed E-state index contributed by atoms with van der Waals surface area (Å²) in [5.74, 6) is -0.156. The van der Waals surface area contributed by atoms with Gasteiger partial charge in [0, 0.05) is 21.7 Å². The van der Waals surface area contributed by atoms with Gasteiger partial charge in [-0.3, -0.25) is 9.59 Å². The van der Waals surface area contributed by atoms with Crippen LogP contribution in [0.25, 0.3) is 0 Å². The van der Waals surface area contributed by atoms with E-state index in [9.17, 15) is 9.59 Å². The molecule has 3 rings (SSSR count). The van der Waals surface area contributed by atoms with Gasteiger partial charge in [0.25, 0.3) is 11.8 Å². The molecule has 7 heteroatoms. The fourth-order valence-electron chi connectivity index (χ4n) is 2.67. The molecule has 158 valence electrons. The van der Waals surface area contributed by atoms with E-state index in [-0.39, 0.29) is 12.5 Å². The molecule has 3 aromatic rings. The summed E-state index contributed by atoms with van der Waals surface area (Å²) in [6.07, 6.45) is 1.49. The lowest BCUT2D eigenvalue weighted by molar-refractivity contribution is -0.120. The monoisotopic (exact) mass is 435 g/mol. The van der Waals surface area contributed by atoms with Gasteiger partial charge >= 0.3 is 0 Å². The molecule has 2 amide bonds. The van der Waals surface area contributed by atoms with Crippen LogP contribution in [0.1, 0.15) is 27.0 Å². The van der Waals surface area contributed by atoms with Crippen LogP contribution in [-0.2, 0) is 11.4 Å². The van der Waals surface area contributed by atoms with Gasteiger partial charge in [-0.15, -0.1) is 0 Å². The minimum absolute atomic E-state index is 0.186. The molecule has 2 N–H and O–H groups in total. The molecule has 0 aliphatic carbocycles. The zero-order valence-corrected chi connectivity index (χ0v) is 17.7. The highest BCUT2D eigenvalue weighted by atomic mass is 35.5. The fraction of sp³-hybridized carbons (Fsp3) is 0.125. The molecule has 3 aromatic carbocycles. The molecular weight excluding hydrogens is 414 g/mol. The molecule has 0 saturated heterocycles. The van der Waals surface area contributed by atoms with E-state index in [4.69, 9.17) is 16.3 Å². The number of nitrogens with one attached hydrogen (secondary N) is 2. The number of ether oxygens (including phenoxy) is 1. The maximum Gasteiger partial charge on any atom is 0.259 e. The average Bonchev–Trinajstić information content (AvgIpc) is 2.78. The number of hydrogen-bond acceptors (Lipinski definition) is 4. The van der Waals surface area contributed by atoms with Crippen molar-refractivity contribution in [3.63, 3.8) is 0 Å². The second-order valence-corrected chi connectivity index (χ2v) is 7.17. The standard InChI is InChI=1S/C24H22ClN3O3/c1-17-10-12-18(13-11-17)24(30)26-15-23(29)28-27-14-19-6-3-5-9-22(19)31-16-20-7-2-4-8-21(20)25/h2-14H,15-16H2,1H3,(H,26,30)(H,28,29)/b27-14-. The predicted molar refractivity (Wildman–Crippen MR) is 121 cm³/mol. The van der Waals surface area contributed by atoms with Crippen molar-refractivity contribution in [2.75, 3.05) is 6.54 Å². The van der Waals surface area contributed by atoms with Crippen molar-refractivity contribution >= 4 is 29.6 Å². The minimum Gasteiger partial charge on any atom is -0.488 e. The van der Waals surface area contributed by atoms with E-state index >= 15 is 0 Å². The Balaban J connectivity index is 1.51. The average molecular weight is 436 g/mol. The number of carbonyl (C=O) groups is 2. The van der Waals surface area contributed by atoms with Gasteiger partial charge < -0.3 is 10.1 Å². The number of rotatable bonds is 8. The fourth-order valence-corrected chi connectivity index (χ4v) is 2.86. The van der Waals surface area contributed by atoms with Gasteiger partial charge in [0.2, 0.25) is 0 Å². The van der Waals surface area contributed by atoms with Crippen LogP contribution in [0, 0.1) is 6.92 Å². The Kier molecular flexibility index (Phi) is 7.79. The lowest BCUT2D eigenvalue weighted by Gasteiger charge is -2.10. The molecule has 0 aliphatic rings. The molecule has 31 heavy (non-hydrogen) atoms. The summed E-state index contributed by atoms with van der Waals surface area (Å²) >= 11 is 6.16. The van der Waals surface area contributed by atoms with Gasteiger partial charge in [0.1, 0.15) is 12.4 Å². The number of para-hydroxylation sites is 1. The number of benzene rings is 3. The third-order valence-electron chi connectivity index (χ3n) is 4.38. The first-order chi connectivity index (χ1) is 15.0. The first-order valence-corrected chi connectivity index (χ1v) is 10.0. The summed E-state index contributed by atoms with van der Waals surface area (Å²) < 4.78 is 5.85. The van der Waals surface area contributed by atoms with Crippen molar-refractivity contribution in [2.45, 2.75) is 13.5 Å². The highest BCUT2D eigenvalue weighted by Crippen LogP contribution is 2.20. The normalized spacial score (nSPS) is 10.6. The number of nitrogens with zero attached hydrogens (tertiary/aromatic N) is 1. The first kappa shape index (κ1) is 22.1.